The minimum absolute atomic E-state index is 0.0818. The fraction of sp³-hybridized carbons (Fsp3) is 0.220. The van der Waals surface area contributed by atoms with Crippen molar-refractivity contribution in [1.29, 1.82) is 0 Å². The maximum Gasteiger partial charge on any atom is 0.228 e. The number of carbonyl (C=O) groups is 2. The van der Waals surface area contributed by atoms with Crippen LogP contribution in [0.25, 0.3) is 0 Å². The SMILES string of the molecule is O=C(Cc1ccc(N2CCC(C(C(=O)NCc3ccccc3)c3ccccc3)CC2)cc1)c1ccccc1COc1ccccc1. The maximum absolute atomic E-state index is 13.6. The Kier molecular flexibility index (Phi) is 10.2. The highest BCUT2D eigenvalue weighted by molar-refractivity contribution is 5.98. The van der Waals surface area contributed by atoms with Gasteiger partial charge in [-0.1, -0.05) is 115 Å². The van der Waals surface area contributed by atoms with Gasteiger partial charge in [0.1, 0.15) is 12.4 Å². The van der Waals surface area contributed by atoms with E-state index in [-0.39, 0.29) is 23.5 Å². The van der Waals surface area contributed by atoms with E-state index in [1.165, 1.54) is 0 Å². The van der Waals surface area contributed by atoms with E-state index in [9.17, 15) is 9.59 Å². The van der Waals surface area contributed by atoms with E-state index in [4.69, 9.17) is 4.74 Å². The molecule has 0 bridgehead atoms. The summed E-state index contributed by atoms with van der Waals surface area (Å²) in [5.74, 6) is 1.04. The van der Waals surface area contributed by atoms with E-state index in [1.54, 1.807) is 0 Å². The number of Topliss-reactive ketones (excluding diaryl/α,β-unsaturated/α-hetero) is 1. The summed E-state index contributed by atoms with van der Waals surface area (Å²) in [5, 5.41) is 3.20. The van der Waals surface area contributed by atoms with Crippen molar-refractivity contribution < 1.29 is 14.3 Å². The number of para-hydroxylation sites is 1. The number of amides is 1. The smallest absolute Gasteiger partial charge is 0.228 e. The van der Waals surface area contributed by atoms with Crippen LogP contribution in [-0.2, 0) is 24.4 Å². The summed E-state index contributed by atoms with van der Waals surface area (Å²) in [4.78, 5) is 29.3. The fourth-order valence-corrected chi connectivity index (χ4v) is 6.39. The van der Waals surface area contributed by atoms with Crippen molar-refractivity contribution in [2.24, 2.45) is 5.92 Å². The Labute approximate surface area is 271 Å². The average molecular weight is 609 g/mol. The summed E-state index contributed by atoms with van der Waals surface area (Å²) < 4.78 is 5.93. The number of nitrogens with one attached hydrogen (secondary N) is 1. The summed E-state index contributed by atoms with van der Waals surface area (Å²) in [6.45, 7) is 2.64. The van der Waals surface area contributed by atoms with Crippen LogP contribution in [0.2, 0.25) is 0 Å². The van der Waals surface area contributed by atoms with Gasteiger partial charge in [-0.15, -0.1) is 0 Å². The molecule has 1 heterocycles. The van der Waals surface area contributed by atoms with E-state index < -0.39 is 0 Å². The summed E-state index contributed by atoms with van der Waals surface area (Å²) >= 11 is 0. The van der Waals surface area contributed by atoms with Crippen molar-refractivity contribution in [3.63, 3.8) is 0 Å². The summed E-state index contributed by atoms with van der Waals surface area (Å²) in [6, 6.07) is 46.0. The van der Waals surface area contributed by atoms with Gasteiger partial charge in [0.25, 0.3) is 0 Å². The van der Waals surface area contributed by atoms with E-state index in [0.29, 0.717) is 25.1 Å². The molecule has 1 N–H and O–H groups in total. The molecule has 1 fully saturated rings. The second kappa shape index (κ2) is 15.2. The number of hydrogen-bond acceptors (Lipinski definition) is 4. The van der Waals surface area contributed by atoms with Crippen molar-refractivity contribution in [2.75, 3.05) is 18.0 Å². The minimum atomic E-state index is -0.179. The number of rotatable bonds is 12. The van der Waals surface area contributed by atoms with Gasteiger partial charge in [0.2, 0.25) is 5.91 Å². The van der Waals surface area contributed by atoms with Gasteiger partial charge in [-0.25, -0.2) is 0 Å². The van der Waals surface area contributed by atoms with Gasteiger partial charge >= 0.3 is 0 Å². The second-order valence-electron chi connectivity index (χ2n) is 11.9. The molecule has 1 aliphatic heterocycles. The lowest BCUT2D eigenvalue weighted by Crippen LogP contribution is -2.40. The average Bonchev–Trinajstić information content (AvgIpc) is 3.12. The quantitative estimate of drug-likeness (QED) is 0.146. The lowest BCUT2D eigenvalue weighted by molar-refractivity contribution is -0.124. The van der Waals surface area contributed by atoms with E-state index in [0.717, 1.165) is 59.6 Å². The first kappa shape index (κ1) is 30.8. The van der Waals surface area contributed by atoms with Crippen molar-refractivity contribution >= 4 is 17.4 Å². The summed E-state index contributed by atoms with van der Waals surface area (Å²) in [7, 11) is 0. The first-order valence-corrected chi connectivity index (χ1v) is 16.1. The Hall–Kier alpha value is -5.16. The Bertz CT molecular complexity index is 1700. The van der Waals surface area contributed by atoms with Gasteiger partial charge in [-0.3, -0.25) is 9.59 Å². The van der Waals surface area contributed by atoms with Gasteiger partial charge in [-0.05, 0) is 59.7 Å². The molecule has 5 heteroatoms. The van der Waals surface area contributed by atoms with Gasteiger partial charge in [0, 0.05) is 42.9 Å². The monoisotopic (exact) mass is 608 g/mol. The minimum Gasteiger partial charge on any atom is -0.489 e. The highest BCUT2D eigenvalue weighted by Gasteiger charge is 2.32. The standard InChI is InChI=1S/C41H40N2O3/c44-39(38-19-11-10-16-35(38)30-46-37-17-8-3-9-18-37)28-31-20-22-36(23-21-31)43-26-24-34(25-27-43)40(33-14-6-2-7-15-33)41(45)42-29-32-12-4-1-5-13-32/h1-23,34,40H,24-30H2,(H,42,45). The molecule has 0 aromatic heterocycles. The number of hydrogen-bond donors (Lipinski definition) is 1. The van der Waals surface area contributed by atoms with Crippen LogP contribution in [0.1, 0.15) is 51.4 Å². The lowest BCUT2D eigenvalue weighted by Gasteiger charge is -2.37. The molecular formula is C41H40N2O3. The third-order valence-corrected chi connectivity index (χ3v) is 8.88. The van der Waals surface area contributed by atoms with Crippen LogP contribution in [-0.4, -0.2) is 24.8 Å². The number of ether oxygens (including phenoxy) is 1. The van der Waals surface area contributed by atoms with Crippen molar-refractivity contribution in [2.45, 2.75) is 38.3 Å². The molecule has 5 aromatic rings. The number of piperidine rings is 1. The molecule has 0 radical (unpaired) electrons. The second-order valence-corrected chi connectivity index (χ2v) is 11.9. The van der Waals surface area contributed by atoms with Crippen LogP contribution >= 0.6 is 0 Å². The number of benzene rings is 5. The first-order chi connectivity index (χ1) is 22.6. The number of anilines is 1. The van der Waals surface area contributed by atoms with E-state index >= 15 is 0 Å². The molecule has 1 amide bonds. The van der Waals surface area contributed by atoms with Crippen LogP contribution in [0.3, 0.4) is 0 Å². The topological polar surface area (TPSA) is 58.6 Å². The predicted octanol–water partition coefficient (Wildman–Crippen LogP) is 8.01. The molecule has 1 atom stereocenters. The Morgan fingerprint density at radius 3 is 2.00 bits per heavy atom. The van der Waals surface area contributed by atoms with Crippen molar-refractivity contribution in [3.05, 3.63) is 167 Å². The summed E-state index contributed by atoms with van der Waals surface area (Å²) in [5.41, 5.74) is 5.90. The van der Waals surface area contributed by atoms with Crippen LogP contribution in [0.5, 0.6) is 5.75 Å². The first-order valence-electron chi connectivity index (χ1n) is 16.1. The van der Waals surface area contributed by atoms with Crippen molar-refractivity contribution in [1.82, 2.24) is 5.32 Å². The van der Waals surface area contributed by atoms with Crippen LogP contribution in [0.15, 0.2) is 140 Å². The Morgan fingerprint density at radius 2 is 1.30 bits per heavy atom. The fourth-order valence-electron chi connectivity index (χ4n) is 6.39. The molecular weight excluding hydrogens is 568 g/mol. The lowest BCUT2D eigenvalue weighted by atomic mass is 9.79. The number of nitrogens with zero attached hydrogens (tertiary/aromatic N) is 1. The number of ketones is 1. The van der Waals surface area contributed by atoms with Gasteiger partial charge in [0.15, 0.2) is 5.78 Å². The highest BCUT2D eigenvalue weighted by Crippen LogP contribution is 2.35. The van der Waals surface area contributed by atoms with Gasteiger partial charge in [0.05, 0.1) is 5.92 Å². The Balaban J connectivity index is 1.05. The zero-order chi connectivity index (χ0) is 31.6. The van der Waals surface area contributed by atoms with Crippen molar-refractivity contribution in [3.8, 4) is 5.75 Å². The van der Waals surface area contributed by atoms with Crippen LogP contribution in [0, 0.1) is 5.92 Å². The van der Waals surface area contributed by atoms with Gasteiger partial charge in [-0.2, -0.15) is 0 Å². The third kappa shape index (κ3) is 7.91. The third-order valence-electron chi connectivity index (χ3n) is 8.88. The molecule has 1 saturated heterocycles. The molecule has 0 aliphatic carbocycles. The molecule has 232 valence electrons. The molecule has 6 rings (SSSR count). The zero-order valence-corrected chi connectivity index (χ0v) is 26.1. The largest absolute Gasteiger partial charge is 0.489 e. The summed E-state index contributed by atoms with van der Waals surface area (Å²) in [6.07, 6.45) is 2.20. The molecule has 1 unspecified atom stereocenters. The normalized spacial score (nSPS) is 14.0. The maximum atomic E-state index is 13.6. The van der Waals surface area contributed by atoms with Gasteiger partial charge < -0.3 is 15.0 Å². The van der Waals surface area contributed by atoms with E-state index in [1.807, 2.05) is 103 Å². The van der Waals surface area contributed by atoms with E-state index in [2.05, 4.69) is 46.6 Å². The highest BCUT2D eigenvalue weighted by atomic mass is 16.5. The predicted molar refractivity (Wildman–Crippen MR) is 184 cm³/mol. The van der Waals surface area contributed by atoms with Crippen LogP contribution < -0.4 is 15.0 Å². The molecule has 46 heavy (non-hydrogen) atoms. The molecule has 5 aromatic carbocycles. The molecule has 5 nitrogen and oxygen atoms in total. The number of carbonyl (C=O) groups excluding carboxylic acids is 2. The Morgan fingerprint density at radius 1 is 0.696 bits per heavy atom. The molecule has 1 aliphatic rings. The zero-order valence-electron chi connectivity index (χ0n) is 26.1. The molecule has 0 spiro atoms. The molecule has 0 saturated carbocycles. The van der Waals surface area contributed by atoms with Crippen LogP contribution in [0.4, 0.5) is 5.69 Å².